The van der Waals surface area contributed by atoms with Gasteiger partial charge in [0.05, 0.1) is 10.6 Å². The Balaban J connectivity index is 2.09. The van der Waals surface area contributed by atoms with Crippen LogP contribution in [0.3, 0.4) is 0 Å². The summed E-state index contributed by atoms with van der Waals surface area (Å²) in [6.07, 6.45) is 0.370. The van der Waals surface area contributed by atoms with Crippen molar-refractivity contribution in [3.63, 3.8) is 0 Å². The average Bonchev–Trinajstić information content (AvgIpc) is 2.88. The molecule has 3 rings (SSSR count). The molecule has 0 fully saturated rings. The summed E-state index contributed by atoms with van der Waals surface area (Å²) in [7, 11) is -4.09. The smallest absolute Gasteiger partial charge is 0.264 e. The largest absolute Gasteiger partial charge is 0.350 e. The first-order valence-electron chi connectivity index (χ1n) is 13.5. The number of hydrogen-bond acceptors (Lipinski definition) is 4. The molecule has 3 aromatic rings. The molecule has 0 saturated heterocycles. The van der Waals surface area contributed by atoms with E-state index in [4.69, 9.17) is 0 Å². The minimum absolute atomic E-state index is 0.0868. The van der Waals surface area contributed by atoms with Gasteiger partial charge in [0, 0.05) is 12.1 Å². The molecule has 0 heterocycles. The van der Waals surface area contributed by atoms with Crippen molar-refractivity contribution in [2.45, 2.75) is 77.9 Å². The van der Waals surface area contributed by atoms with Crippen LogP contribution in [-0.2, 0) is 26.2 Å². The second-order valence-electron chi connectivity index (χ2n) is 11.3. The van der Waals surface area contributed by atoms with E-state index in [9.17, 15) is 18.0 Å². The molecular weight excluding hydrogens is 522 g/mol. The highest BCUT2D eigenvalue weighted by atomic mass is 32.2. The van der Waals surface area contributed by atoms with Crippen LogP contribution in [0.2, 0.25) is 0 Å². The Kier molecular flexibility index (Phi) is 9.79. The number of sulfonamides is 1. The molecule has 0 aromatic heterocycles. The second-order valence-corrected chi connectivity index (χ2v) is 13.1. The minimum Gasteiger partial charge on any atom is -0.350 e. The Bertz CT molecular complexity index is 1450. The Morgan fingerprint density at radius 1 is 0.875 bits per heavy atom. The van der Waals surface area contributed by atoms with E-state index in [2.05, 4.69) is 5.32 Å². The molecule has 0 aliphatic carbocycles. The van der Waals surface area contributed by atoms with Gasteiger partial charge in [-0.05, 0) is 88.9 Å². The van der Waals surface area contributed by atoms with Gasteiger partial charge in [0.25, 0.3) is 10.0 Å². The van der Waals surface area contributed by atoms with E-state index in [-0.39, 0.29) is 17.3 Å². The molecule has 1 N–H and O–H groups in total. The number of rotatable bonds is 10. The van der Waals surface area contributed by atoms with E-state index in [0.717, 1.165) is 26.6 Å². The number of nitrogens with one attached hydrogen (secondary N) is 1. The zero-order chi connectivity index (χ0) is 29.7. The third kappa shape index (κ3) is 7.72. The zero-order valence-electron chi connectivity index (χ0n) is 24.6. The van der Waals surface area contributed by atoms with E-state index >= 15 is 0 Å². The van der Waals surface area contributed by atoms with Gasteiger partial charge in [0.15, 0.2) is 0 Å². The topological polar surface area (TPSA) is 86.8 Å². The molecule has 1 unspecified atom stereocenters. The minimum atomic E-state index is -4.09. The van der Waals surface area contributed by atoms with Crippen LogP contribution in [0.4, 0.5) is 5.69 Å². The summed E-state index contributed by atoms with van der Waals surface area (Å²) >= 11 is 0. The number of carbonyl (C=O) groups excluding carboxylic acids is 2. The molecule has 8 heteroatoms. The monoisotopic (exact) mass is 563 g/mol. The SMILES string of the molecule is CCC(C(=O)NC(C)(C)C)N(Cc1cccc(C)c1)C(=O)CN(c1ccc(C)c(C)c1)S(=O)(=O)c1ccccc1. The average molecular weight is 564 g/mol. The molecular formula is C32H41N3O4S. The Morgan fingerprint density at radius 3 is 2.12 bits per heavy atom. The molecule has 2 amide bonds. The van der Waals surface area contributed by atoms with Gasteiger partial charge in [-0.25, -0.2) is 8.42 Å². The highest BCUT2D eigenvalue weighted by Crippen LogP contribution is 2.27. The number of nitrogens with zero attached hydrogens (tertiary/aromatic N) is 2. The summed E-state index contributed by atoms with van der Waals surface area (Å²) in [6, 6.07) is 20.4. The molecule has 7 nitrogen and oxygen atoms in total. The van der Waals surface area contributed by atoms with E-state index in [1.54, 1.807) is 30.3 Å². The van der Waals surface area contributed by atoms with E-state index in [1.807, 2.05) is 78.8 Å². The van der Waals surface area contributed by atoms with E-state index in [0.29, 0.717) is 12.1 Å². The highest BCUT2D eigenvalue weighted by molar-refractivity contribution is 7.92. The van der Waals surface area contributed by atoms with E-state index in [1.165, 1.54) is 17.0 Å². The third-order valence-electron chi connectivity index (χ3n) is 6.71. The van der Waals surface area contributed by atoms with Crippen LogP contribution in [-0.4, -0.2) is 43.3 Å². The first kappa shape index (κ1) is 30.9. The molecule has 0 aliphatic heterocycles. The molecule has 214 valence electrons. The summed E-state index contributed by atoms with van der Waals surface area (Å²) in [5.41, 5.74) is 3.71. The third-order valence-corrected chi connectivity index (χ3v) is 8.50. The van der Waals surface area contributed by atoms with Crippen LogP contribution in [0.25, 0.3) is 0 Å². The number of benzene rings is 3. The van der Waals surface area contributed by atoms with Crippen LogP contribution in [0.1, 0.15) is 56.4 Å². The standard InChI is InChI=1S/C32H41N3O4S/c1-8-29(31(37)33-32(5,6)7)34(21-26-14-12-13-23(2)19-26)30(36)22-35(27-18-17-24(3)25(4)20-27)40(38,39)28-15-10-9-11-16-28/h9-20,29H,8,21-22H2,1-7H3,(H,33,37). The maximum Gasteiger partial charge on any atom is 0.264 e. The van der Waals surface area contributed by atoms with Gasteiger partial charge in [-0.3, -0.25) is 13.9 Å². The number of aryl methyl sites for hydroxylation is 3. The van der Waals surface area contributed by atoms with Crippen molar-refractivity contribution in [1.29, 1.82) is 0 Å². The van der Waals surface area contributed by atoms with Crippen LogP contribution in [0, 0.1) is 20.8 Å². The van der Waals surface area contributed by atoms with Crippen molar-refractivity contribution in [3.8, 4) is 0 Å². The molecule has 1 atom stereocenters. The van der Waals surface area contributed by atoms with Crippen molar-refractivity contribution < 1.29 is 18.0 Å². The Labute approximate surface area is 239 Å². The van der Waals surface area contributed by atoms with Crippen molar-refractivity contribution in [2.24, 2.45) is 0 Å². The fourth-order valence-electron chi connectivity index (χ4n) is 4.51. The summed E-state index contributed by atoms with van der Waals surface area (Å²) in [6.45, 7) is 13.0. The second kappa shape index (κ2) is 12.7. The van der Waals surface area contributed by atoms with Crippen molar-refractivity contribution >= 4 is 27.5 Å². The van der Waals surface area contributed by atoms with Crippen LogP contribution in [0.15, 0.2) is 77.7 Å². The summed E-state index contributed by atoms with van der Waals surface area (Å²) in [4.78, 5) is 29.2. The molecule has 3 aromatic carbocycles. The number of anilines is 1. The van der Waals surface area contributed by atoms with Gasteiger partial charge >= 0.3 is 0 Å². The summed E-state index contributed by atoms with van der Waals surface area (Å²) in [5.74, 6) is -0.741. The van der Waals surface area contributed by atoms with Crippen molar-refractivity contribution in [3.05, 3.63) is 95.1 Å². The maximum absolute atomic E-state index is 14.2. The predicted molar refractivity (Wildman–Crippen MR) is 161 cm³/mol. The Hall–Kier alpha value is -3.65. The van der Waals surface area contributed by atoms with Gasteiger partial charge in [-0.2, -0.15) is 0 Å². The molecule has 0 radical (unpaired) electrons. The summed E-state index contributed by atoms with van der Waals surface area (Å²) < 4.78 is 29.0. The lowest BCUT2D eigenvalue weighted by atomic mass is 10.0. The first-order chi connectivity index (χ1) is 18.7. The number of carbonyl (C=O) groups is 2. The molecule has 40 heavy (non-hydrogen) atoms. The van der Waals surface area contributed by atoms with Crippen LogP contribution >= 0.6 is 0 Å². The van der Waals surface area contributed by atoms with Gasteiger partial charge in [0.1, 0.15) is 12.6 Å². The van der Waals surface area contributed by atoms with Gasteiger partial charge in [-0.15, -0.1) is 0 Å². The molecule has 0 spiro atoms. The van der Waals surface area contributed by atoms with Gasteiger partial charge in [0.2, 0.25) is 11.8 Å². The maximum atomic E-state index is 14.2. The van der Waals surface area contributed by atoms with Gasteiger partial charge < -0.3 is 10.2 Å². The Morgan fingerprint density at radius 2 is 1.55 bits per heavy atom. The highest BCUT2D eigenvalue weighted by Gasteiger charge is 2.34. The fraction of sp³-hybridized carbons (Fsp3) is 0.375. The molecule has 0 saturated carbocycles. The van der Waals surface area contributed by atoms with Crippen LogP contribution in [0.5, 0.6) is 0 Å². The van der Waals surface area contributed by atoms with Crippen molar-refractivity contribution in [2.75, 3.05) is 10.8 Å². The molecule has 0 aliphatic rings. The molecule has 0 bridgehead atoms. The normalized spacial score (nSPS) is 12.5. The lowest BCUT2D eigenvalue weighted by Crippen LogP contribution is -2.55. The quantitative estimate of drug-likeness (QED) is 0.352. The predicted octanol–water partition coefficient (Wildman–Crippen LogP) is 5.53. The lowest BCUT2D eigenvalue weighted by Gasteiger charge is -2.35. The van der Waals surface area contributed by atoms with Crippen LogP contribution < -0.4 is 9.62 Å². The fourth-order valence-corrected chi connectivity index (χ4v) is 5.94. The zero-order valence-corrected chi connectivity index (χ0v) is 25.4. The lowest BCUT2D eigenvalue weighted by molar-refractivity contribution is -0.141. The van der Waals surface area contributed by atoms with Gasteiger partial charge in [-0.1, -0.05) is 61.0 Å². The van der Waals surface area contributed by atoms with Crippen molar-refractivity contribution in [1.82, 2.24) is 10.2 Å². The number of amides is 2. The first-order valence-corrected chi connectivity index (χ1v) is 15.0. The summed E-state index contributed by atoms with van der Waals surface area (Å²) in [5, 5.41) is 2.99. The van der Waals surface area contributed by atoms with E-state index < -0.39 is 34.1 Å². The number of hydrogen-bond donors (Lipinski definition) is 1.